The SMILES string of the molecule is COc1cccc(C2(c3cccc(-c4cccc(Cl)c4)c3)COC(N)=N2)c1. The van der Waals surface area contributed by atoms with Crippen molar-refractivity contribution in [2.24, 2.45) is 10.7 Å². The summed E-state index contributed by atoms with van der Waals surface area (Å²) in [6.07, 6.45) is 0. The summed E-state index contributed by atoms with van der Waals surface area (Å²) >= 11 is 6.17. The van der Waals surface area contributed by atoms with E-state index < -0.39 is 5.54 Å². The lowest BCUT2D eigenvalue weighted by Crippen LogP contribution is -2.27. The Morgan fingerprint density at radius 2 is 1.63 bits per heavy atom. The normalized spacial score (nSPS) is 18.7. The van der Waals surface area contributed by atoms with E-state index in [0.717, 1.165) is 28.0 Å². The first-order chi connectivity index (χ1) is 13.1. The van der Waals surface area contributed by atoms with Crippen molar-refractivity contribution in [1.82, 2.24) is 0 Å². The molecule has 1 atom stereocenters. The van der Waals surface area contributed by atoms with Gasteiger partial charge in [0.1, 0.15) is 12.4 Å². The second kappa shape index (κ2) is 6.97. The molecule has 2 N–H and O–H groups in total. The summed E-state index contributed by atoms with van der Waals surface area (Å²) in [7, 11) is 1.65. The smallest absolute Gasteiger partial charge is 0.283 e. The third kappa shape index (κ3) is 3.24. The molecule has 4 nitrogen and oxygen atoms in total. The second-order valence-corrected chi connectivity index (χ2v) is 6.86. The maximum Gasteiger partial charge on any atom is 0.283 e. The minimum absolute atomic E-state index is 0.186. The minimum Gasteiger partial charge on any atom is -0.497 e. The largest absolute Gasteiger partial charge is 0.497 e. The summed E-state index contributed by atoms with van der Waals surface area (Å²) in [6.45, 7) is 0.338. The molecule has 1 unspecified atom stereocenters. The summed E-state index contributed by atoms with van der Waals surface area (Å²) in [4.78, 5) is 4.68. The van der Waals surface area contributed by atoms with Crippen molar-refractivity contribution in [3.05, 3.63) is 88.9 Å². The predicted octanol–water partition coefficient (Wildman–Crippen LogP) is 4.60. The van der Waals surface area contributed by atoms with Gasteiger partial charge in [0, 0.05) is 5.02 Å². The third-order valence-corrected chi connectivity index (χ3v) is 5.01. The average molecular weight is 379 g/mol. The van der Waals surface area contributed by atoms with Crippen molar-refractivity contribution < 1.29 is 9.47 Å². The lowest BCUT2D eigenvalue weighted by Gasteiger charge is -2.26. The number of ether oxygens (including phenoxy) is 2. The molecule has 1 aliphatic heterocycles. The van der Waals surface area contributed by atoms with E-state index >= 15 is 0 Å². The van der Waals surface area contributed by atoms with E-state index in [2.05, 4.69) is 17.1 Å². The van der Waals surface area contributed by atoms with Gasteiger partial charge in [-0.15, -0.1) is 0 Å². The molecule has 3 aromatic carbocycles. The van der Waals surface area contributed by atoms with E-state index in [1.54, 1.807) is 7.11 Å². The van der Waals surface area contributed by atoms with Crippen LogP contribution in [0.4, 0.5) is 0 Å². The summed E-state index contributed by atoms with van der Waals surface area (Å²) in [6, 6.07) is 24.0. The molecule has 3 aromatic rings. The van der Waals surface area contributed by atoms with Gasteiger partial charge < -0.3 is 15.2 Å². The molecule has 0 aliphatic carbocycles. The number of hydrogen-bond acceptors (Lipinski definition) is 4. The van der Waals surface area contributed by atoms with Crippen LogP contribution in [0.3, 0.4) is 0 Å². The summed E-state index contributed by atoms with van der Waals surface area (Å²) in [5, 5.41) is 0.701. The molecule has 0 aromatic heterocycles. The molecule has 27 heavy (non-hydrogen) atoms. The maximum atomic E-state index is 6.17. The Balaban J connectivity index is 1.86. The Morgan fingerprint density at radius 3 is 2.30 bits per heavy atom. The van der Waals surface area contributed by atoms with Crippen LogP contribution in [0.15, 0.2) is 77.8 Å². The van der Waals surface area contributed by atoms with Gasteiger partial charge in [-0.3, -0.25) is 0 Å². The van der Waals surface area contributed by atoms with Crippen LogP contribution in [0.2, 0.25) is 5.02 Å². The Kier molecular flexibility index (Phi) is 4.50. The number of nitrogens with two attached hydrogens (primary N) is 1. The Bertz CT molecular complexity index is 1020. The van der Waals surface area contributed by atoms with Gasteiger partial charge in [-0.1, -0.05) is 54.1 Å². The Morgan fingerprint density at radius 1 is 0.963 bits per heavy atom. The van der Waals surface area contributed by atoms with Crippen molar-refractivity contribution in [2.45, 2.75) is 5.54 Å². The number of rotatable bonds is 4. The molecule has 0 bridgehead atoms. The second-order valence-electron chi connectivity index (χ2n) is 6.42. The molecule has 1 aliphatic rings. The number of methoxy groups -OCH3 is 1. The van der Waals surface area contributed by atoms with Crippen LogP contribution in [-0.4, -0.2) is 19.7 Å². The highest BCUT2D eigenvalue weighted by atomic mass is 35.5. The highest BCUT2D eigenvalue weighted by Gasteiger charge is 2.40. The van der Waals surface area contributed by atoms with Gasteiger partial charge in [-0.25, -0.2) is 4.99 Å². The van der Waals surface area contributed by atoms with Crippen LogP contribution in [0, 0.1) is 0 Å². The highest BCUT2D eigenvalue weighted by molar-refractivity contribution is 6.30. The molecular weight excluding hydrogens is 360 g/mol. The number of hydrogen-bond donors (Lipinski definition) is 1. The number of amidine groups is 1. The average Bonchev–Trinajstić information content (AvgIpc) is 3.11. The third-order valence-electron chi connectivity index (χ3n) is 4.78. The molecular formula is C22H19ClN2O2. The molecule has 0 amide bonds. The number of halogens is 1. The predicted molar refractivity (Wildman–Crippen MR) is 108 cm³/mol. The molecule has 5 heteroatoms. The van der Waals surface area contributed by atoms with E-state index in [0.29, 0.717) is 11.6 Å². The fraction of sp³-hybridized carbons (Fsp3) is 0.136. The van der Waals surface area contributed by atoms with E-state index in [1.807, 2.05) is 60.7 Å². The first kappa shape index (κ1) is 17.4. The van der Waals surface area contributed by atoms with Gasteiger partial charge in [-0.2, -0.15) is 0 Å². The molecule has 4 rings (SSSR count). The zero-order valence-corrected chi connectivity index (χ0v) is 15.6. The number of aliphatic imine (C=N–C) groups is 1. The summed E-state index contributed by atoms with van der Waals surface area (Å²) in [5.74, 6) is 0.763. The number of nitrogens with zero attached hydrogens (tertiary/aromatic N) is 1. The van der Waals surface area contributed by atoms with Crippen molar-refractivity contribution in [3.63, 3.8) is 0 Å². The molecule has 0 saturated carbocycles. The standard InChI is InChI=1S/C22H19ClN2O2/c1-26-20-10-4-8-18(13-20)22(14-27-21(24)25-22)17-7-2-5-15(11-17)16-6-3-9-19(23)12-16/h2-13H,14H2,1H3,(H2,24,25). The van der Waals surface area contributed by atoms with Gasteiger partial charge in [0.15, 0.2) is 5.54 Å². The van der Waals surface area contributed by atoms with Crippen LogP contribution in [0.25, 0.3) is 11.1 Å². The quantitative estimate of drug-likeness (QED) is 0.721. The maximum absolute atomic E-state index is 6.17. The first-order valence-corrected chi connectivity index (χ1v) is 8.98. The van der Waals surface area contributed by atoms with E-state index in [4.69, 9.17) is 26.8 Å². The van der Waals surface area contributed by atoms with Crippen molar-refractivity contribution in [1.29, 1.82) is 0 Å². The zero-order valence-electron chi connectivity index (χ0n) is 14.9. The molecule has 0 saturated heterocycles. The van der Waals surface area contributed by atoms with Crippen molar-refractivity contribution in [2.75, 3.05) is 13.7 Å². The van der Waals surface area contributed by atoms with Crippen LogP contribution in [-0.2, 0) is 10.3 Å². The molecule has 0 fully saturated rings. The zero-order chi connectivity index (χ0) is 18.9. The van der Waals surface area contributed by atoms with E-state index in [1.165, 1.54) is 0 Å². The van der Waals surface area contributed by atoms with Crippen LogP contribution < -0.4 is 10.5 Å². The molecule has 136 valence electrons. The Hall–Kier alpha value is -2.98. The van der Waals surface area contributed by atoms with Gasteiger partial charge in [0.2, 0.25) is 0 Å². The topological polar surface area (TPSA) is 56.8 Å². The van der Waals surface area contributed by atoms with Crippen LogP contribution in [0.1, 0.15) is 11.1 Å². The van der Waals surface area contributed by atoms with E-state index in [9.17, 15) is 0 Å². The van der Waals surface area contributed by atoms with Crippen molar-refractivity contribution in [3.8, 4) is 16.9 Å². The molecule has 0 spiro atoms. The molecule has 0 radical (unpaired) electrons. The Labute approximate surface area is 163 Å². The fourth-order valence-corrected chi connectivity index (χ4v) is 3.59. The lowest BCUT2D eigenvalue weighted by atomic mass is 9.83. The van der Waals surface area contributed by atoms with Gasteiger partial charge in [0.05, 0.1) is 7.11 Å². The first-order valence-electron chi connectivity index (χ1n) is 8.60. The molecule has 1 heterocycles. The lowest BCUT2D eigenvalue weighted by molar-refractivity contribution is 0.278. The van der Waals surface area contributed by atoms with Crippen LogP contribution in [0.5, 0.6) is 5.75 Å². The van der Waals surface area contributed by atoms with Gasteiger partial charge >= 0.3 is 0 Å². The summed E-state index contributed by atoms with van der Waals surface area (Å²) < 4.78 is 11.0. The number of benzene rings is 3. The van der Waals surface area contributed by atoms with Gasteiger partial charge in [0.25, 0.3) is 6.02 Å². The van der Waals surface area contributed by atoms with E-state index in [-0.39, 0.29) is 6.02 Å². The van der Waals surface area contributed by atoms with Crippen LogP contribution >= 0.6 is 11.6 Å². The van der Waals surface area contributed by atoms with Gasteiger partial charge in [-0.05, 0) is 52.6 Å². The van der Waals surface area contributed by atoms with Crippen molar-refractivity contribution >= 4 is 17.6 Å². The fourth-order valence-electron chi connectivity index (χ4n) is 3.40. The highest BCUT2D eigenvalue weighted by Crippen LogP contribution is 2.40. The summed E-state index contributed by atoms with van der Waals surface area (Å²) in [5.41, 5.74) is 9.24. The monoisotopic (exact) mass is 378 g/mol. The minimum atomic E-state index is -0.715.